The standard InChI is InChI=1S/C19H18FNO4/c20-13-7-5-12(6-8-13)16(19(23)24)11-21-18(22)15-9-10-25-17-4-2-1-3-14(15)17/h1-8,15-16H,9-11H2,(H,21,22)(H,23,24). The third-order valence-electron chi connectivity index (χ3n) is 4.33. The molecule has 0 aromatic heterocycles. The number of aliphatic carboxylic acids is 1. The molecule has 0 saturated heterocycles. The summed E-state index contributed by atoms with van der Waals surface area (Å²) in [6.07, 6.45) is 0.539. The first kappa shape index (κ1) is 17.0. The van der Waals surface area contributed by atoms with E-state index in [4.69, 9.17) is 4.74 Å². The molecule has 0 bridgehead atoms. The van der Waals surface area contributed by atoms with Crippen LogP contribution in [0, 0.1) is 5.82 Å². The molecule has 1 amide bonds. The predicted molar refractivity (Wildman–Crippen MR) is 89.1 cm³/mol. The topological polar surface area (TPSA) is 75.6 Å². The molecule has 1 aliphatic heterocycles. The fraction of sp³-hybridized carbons (Fsp3) is 0.263. The lowest BCUT2D eigenvalue weighted by atomic mass is 9.92. The number of fused-ring (bicyclic) bond motifs is 1. The van der Waals surface area contributed by atoms with Crippen LogP contribution in [0.2, 0.25) is 0 Å². The van der Waals surface area contributed by atoms with E-state index in [1.165, 1.54) is 24.3 Å². The van der Waals surface area contributed by atoms with Crippen molar-refractivity contribution < 1.29 is 23.8 Å². The highest BCUT2D eigenvalue weighted by Crippen LogP contribution is 2.33. The number of halogens is 1. The zero-order valence-corrected chi connectivity index (χ0v) is 13.4. The van der Waals surface area contributed by atoms with Crippen LogP contribution in [0.5, 0.6) is 5.75 Å². The Bertz CT molecular complexity index is 775. The van der Waals surface area contributed by atoms with Gasteiger partial charge in [0.05, 0.1) is 18.4 Å². The van der Waals surface area contributed by atoms with Crippen LogP contribution in [-0.2, 0) is 9.59 Å². The number of amides is 1. The summed E-state index contributed by atoms with van der Waals surface area (Å²) in [5.74, 6) is -2.35. The summed E-state index contributed by atoms with van der Waals surface area (Å²) < 4.78 is 18.6. The SMILES string of the molecule is O=C(O)C(CNC(=O)C1CCOc2ccccc21)c1ccc(F)cc1. The molecule has 6 heteroatoms. The van der Waals surface area contributed by atoms with Crippen LogP contribution in [0.3, 0.4) is 0 Å². The van der Waals surface area contributed by atoms with Gasteiger partial charge in [-0.1, -0.05) is 30.3 Å². The minimum absolute atomic E-state index is 0.0562. The zero-order chi connectivity index (χ0) is 17.8. The number of hydrogen-bond donors (Lipinski definition) is 2. The number of carbonyl (C=O) groups excluding carboxylic acids is 1. The van der Waals surface area contributed by atoms with Crippen molar-refractivity contribution in [2.45, 2.75) is 18.3 Å². The number of para-hydroxylation sites is 1. The van der Waals surface area contributed by atoms with E-state index in [0.717, 1.165) is 5.56 Å². The maximum Gasteiger partial charge on any atom is 0.312 e. The van der Waals surface area contributed by atoms with Gasteiger partial charge < -0.3 is 15.2 Å². The third-order valence-corrected chi connectivity index (χ3v) is 4.33. The fourth-order valence-electron chi connectivity index (χ4n) is 2.98. The second-order valence-corrected chi connectivity index (χ2v) is 5.92. The molecular weight excluding hydrogens is 325 g/mol. The summed E-state index contributed by atoms with van der Waals surface area (Å²) in [6, 6.07) is 12.6. The van der Waals surface area contributed by atoms with E-state index in [1.807, 2.05) is 24.3 Å². The Labute approximate surface area is 144 Å². The summed E-state index contributed by atoms with van der Waals surface area (Å²) in [6.45, 7) is 0.384. The van der Waals surface area contributed by atoms with Crippen molar-refractivity contribution in [3.8, 4) is 5.75 Å². The van der Waals surface area contributed by atoms with E-state index < -0.39 is 17.7 Å². The lowest BCUT2D eigenvalue weighted by molar-refractivity contribution is -0.138. The first-order valence-electron chi connectivity index (χ1n) is 8.04. The molecule has 2 atom stereocenters. The summed E-state index contributed by atoms with van der Waals surface area (Å²) in [7, 11) is 0. The van der Waals surface area contributed by atoms with E-state index in [0.29, 0.717) is 24.3 Å². The maximum atomic E-state index is 13.0. The second-order valence-electron chi connectivity index (χ2n) is 5.92. The number of carboxylic acid groups (broad SMARTS) is 1. The minimum Gasteiger partial charge on any atom is -0.493 e. The lowest BCUT2D eigenvalue weighted by Crippen LogP contribution is -2.36. The van der Waals surface area contributed by atoms with Crippen molar-refractivity contribution in [3.05, 3.63) is 65.5 Å². The first-order valence-corrected chi connectivity index (χ1v) is 8.04. The molecule has 2 N–H and O–H groups in total. The van der Waals surface area contributed by atoms with Crippen LogP contribution >= 0.6 is 0 Å². The molecule has 0 saturated carbocycles. The molecule has 2 unspecified atom stereocenters. The van der Waals surface area contributed by atoms with Gasteiger partial charge in [0.25, 0.3) is 0 Å². The highest BCUT2D eigenvalue weighted by Gasteiger charge is 2.29. The van der Waals surface area contributed by atoms with Gasteiger partial charge in [0.1, 0.15) is 11.6 Å². The van der Waals surface area contributed by atoms with Gasteiger partial charge in [-0.25, -0.2) is 4.39 Å². The Kier molecular flexibility index (Phi) is 4.97. The Morgan fingerprint density at radius 3 is 2.64 bits per heavy atom. The minimum atomic E-state index is -1.07. The molecule has 0 spiro atoms. The van der Waals surface area contributed by atoms with Crippen molar-refractivity contribution in [3.63, 3.8) is 0 Å². The monoisotopic (exact) mass is 343 g/mol. The number of hydrogen-bond acceptors (Lipinski definition) is 3. The quantitative estimate of drug-likeness (QED) is 0.875. The number of rotatable bonds is 5. The zero-order valence-electron chi connectivity index (χ0n) is 13.4. The van der Waals surface area contributed by atoms with Gasteiger partial charge in [-0.05, 0) is 30.2 Å². The molecule has 1 heterocycles. The normalized spacial score (nSPS) is 17.1. The van der Waals surface area contributed by atoms with Crippen molar-refractivity contribution in [2.24, 2.45) is 0 Å². The molecule has 3 rings (SSSR count). The van der Waals surface area contributed by atoms with Gasteiger partial charge in [-0.2, -0.15) is 0 Å². The van der Waals surface area contributed by atoms with Crippen LogP contribution < -0.4 is 10.1 Å². The molecule has 1 aliphatic rings. The van der Waals surface area contributed by atoms with Crippen LogP contribution in [0.4, 0.5) is 4.39 Å². The average molecular weight is 343 g/mol. The van der Waals surface area contributed by atoms with Crippen molar-refractivity contribution >= 4 is 11.9 Å². The van der Waals surface area contributed by atoms with Gasteiger partial charge in [0.2, 0.25) is 5.91 Å². The molecule has 2 aromatic carbocycles. The van der Waals surface area contributed by atoms with E-state index >= 15 is 0 Å². The van der Waals surface area contributed by atoms with Gasteiger partial charge in [0.15, 0.2) is 0 Å². The Balaban J connectivity index is 1.70. The van der Waals surface area contributed by atoms with E-state index in [2.05, 4.69) is 5.32 Å². The van der Waals surface area contributed by atoms with Crippen LogP contribution in [-0.4, -0.2) is 30.1 Å². The number of carboxylic acids is 1. The number of nitrogens with one attached hydrogen (secondary N) is 1. The molecule has 130 valence electrons. The van der Waals surface area contributed by atoms with Gasteiger partial charge in [0, 0.05) is 12.1 Å². The number of ether oxygens (including phenoxy) is 1. The number of carbonyl (C=O) groups is 2. The molecular formula is C19H18FNO4. The van der Waals surface area contributed by atoms with E-state index in [9.17, 15) is 19.1 Å². The van der Waals surface area contributed by atoms with Crippen molar-refractivity contribution in [2.75, 3.05) is 13.2 Å². The molecule has 0 fully saturated rings. The highest BCUT2D eigenvalue weighted by atomic mass is 19.1. The third kappa shape index (κ3) is 3.79. The van der Waals surface area contributed by atoms with Crippen molar-refractivity contribution in [1.29, 1.82) is 0 Å². The molecule has 2 aromatic rings. The molecule has 0 aliphatic carbocycles. The molecule has 0 radical (unpaired) electrons. The first-order chi connectivity index (χ1) is 12.1. The highest BCUT2D eigenvalue weighted by molar-refractivity contribution is 5.85. The lowest BCUT2D eigenvalue weighted by Gasteiger charge is -2.25. The Morgan fingerprint density at radius 2 is 1.92 bits per heavy atom. The summed E-state index contributed by atoms with van der Waals surface area (Å²) >= 11 is 0. The van der Waals surface area contributed by atoms with Gasteiger partial charge >= 0.3 is 5.97 Å². The van der Waals surface area contributed by atoms with E-state index in [-0.39, 0.29) is 18.4 Å². The Hall–Kier alpha value is -2.89. The fourth-order valence-corrected chi connectivity index (χ4v) is 2.98. The van der Waals surface area contributed by atoms with Gasteiger partial charge in [-0.15, -0.1) is 0 Å². The van der Waals surface area contributed by atoms with Crippen molar-refractivity contribution in [1.82, 2.24) is 5.32 Å². The van der Waals surface area contributed by atoms with Crippen LogP contribution in [0.15, 0.2) is 48.5 Å². The van der Waals surface area contributed by atoms with E-state index in [1.54, 1.807) is 0 Å². The Morgan fingerprint density at radius 1 is 1.20 bits per heavy atom. The number of benzene rings is 2. The summed E-state index contributed by atoms with van der Waals surface area (Å²) in [4.78, 5) is 24.1. The summed E-state index contributed by atoms with van der Waals surface area (Å²) in [5, 5.41) is 12.1. The smallest absolute Gasteiger partial charge is 0.312 e. The summed E-state index contributed by atoms with van der Waals surface area (Å²) in [5.41, 5.74) is 1.25. The second kappa shape index (κ2) is 7.34. The maximum absolute atomic E-state index is 13.0. The van der Waals surface area contributed by atoms with Gasteiger partial charge in [-0.3, -0.25) is 9.59 Å². The van der Waals surface area contributed by atoms with Crippen LogP contribution in [0.25, 0.3) is 0 Å². The molecule has 5 nitrogen and oxygen atoms in total. The van der Waals surface area contributed by atoms with Crippen LogP contribution in [0.1, 0.15) is 29.4 Å². The largest absolute Gasteiger partial charge is 0.493 e. The average Bonchev–Trinajstić information content (AvgIpc) is 2.62. The molecule has 25 heavy (non-hydrogen) atoms. The predicted octanol–water partition coefficient (Wildman–Crippen LogP) is 2.68.